The highest BCUT2D eigenvalue weighted by atomic mass is 35.5. The topological polar surface area (TPSA) is 117 Å². The maximum Gasteiger partial charge on any atom is 0.306 e. The monoisotopic (exact) mass is 520 g/mol. The van der Waals surface area contributed by atoms with Gasteiger partial charge in [-0.25, -0.2) is 0 Å². The van der Waals surface area contributed by atoms with Crippen LogP contribution >= 0.6 is 11.6 Å². The molecule has 5 fully saturated rings. The Labute approximate surface area is 217 Å². The number of hydrogen-bond acceptors (Lipinski definition) is 8. The first-order valence-corrected chi connectivity index (χ1v) is 13.5. The molecule has 1 aromatic rings. The van der Waals surface area contributed by atoms with Crippen LogP contribution in [-0.4, -0.2) is 90.9 Å². The number of hydrogen-bond donors (Lipinski definition) is 3. The number of aliphatic hydroxyl groups excluding tert-OH is 1. The van der Waals surface area contributed by atoms with Crippen LogP contribution in [0.2, 0.25) is 5.02 Å². The van der Waals surface area contributed by atoms with Crippen molar-refractivity contribution in [1.29, 1.82) is 0 Å². The first-order valence-electron chi connectivity index (χ1n) is 13.1. The van der Waals surface area contributed by atoms with Crippen LogP contribution in [0.1, 0.15) is 48.9 Å². The number of nitrogen functional groups attached to an aromatic ring is 1. The van der Waals surface area contributed by atoms with Crippen molar-refractivity contribution in [2.45, 2.75) is 56.3 Å². The second-order valence-electron chi connectivity index (χ2n) is 10.8. The Bertz CT molecular complexity index is 1000. The number of nitrogens with zero attached hydrogens (tertiary/aromatic N) is 2. The van der Waals surface area contributed by atoms with Crippen molar-refractivity contribution in [1.82, 2.24) is 15.1 Å². The quantitative estimate of drug-likeness (QED) is 0.243. The minimum atomic E-state index is -0.670. The number of aliphatic hydroxyl groups is 1. The molecule has 4 saturated heterocycles. The minimum absolute atomic E-state index is 0.0442. The van der Waals surface area contributed by atoms with Crippen LogP contribution < -0.4 is 15.8 Å². The molecule has 0 radical (unpaired) electrons. The molecule has 4 heterocycles. The van der Waals surface area contributed by atoms with Gasteiger partial charge in [-0.15, -0.1) is 0 Å². The number of carbonyl (C=O) groups excluding carboxylic acids is 2. The van der Waals surface area contributed by atoms with Gasteiger partial charge in [0, 0.05) is 50.5 Å². The normalized spacial score (nSPS) is 32.7. The van der Waals surface area contributed by atoms with E-state index in [1.807, 2.05) is 0 Å². The number of amides is 1. The lowest BCUT2D eigenvalue weighted by molar-refractivity contribution is -0.153. The third kappa shape index (κ3) is 5.03. The lowest BCUT2D eigenvalue weighted by Gasteiger charge is -2.36. The predicted molar refractivity (Wildman–Crippen MR) is 136 cm³/mol. The molecule has 1 aliphatic carbocycles. The smallest absolute Gasteiger partial charge is 0.306 e. The van der Waals surface area contributed by atoms with Gasteiger partial charge in [0.1, 0.15) is 11.4 Å². The third-order valence-electron chi connectivity index (χ3n) is 8.52. The van der Waals surface area contributed by atoms with Crippen LogP contribution in [0.25, 0.3) is 0 Å². The van der Waals surface area contributed by atoms with Gasteiger partial charge in [0.25, 0.3) is 5.91 Å². The first kappa shape index (κ1) is 25.6. The van der Waals surface area contributed by atoms with E-state index in [0.717, 1.165) is 52.0 Å². The second kappa shape index (κ2) is 10.4. The third-order valence-corrected chi connectivity index (χ3v) is 8.85. The molecule has 5 aliphatic rings. The average Bonchev–Trinajstić information content (AvgIpc) is 3.34. The zero-order valence-corrected chi connectivity index (χ0v) is 21.6. The van der Waals surface area contributed by atoms with Gasteiger partial charge >= 0.3 is 5.97 Å². The number of methoxy groups -OCH3 is 1. The maximum absolute atomic E-state index is 12.8. The predicted octanol–water partition coefficient (Wildman–Crippen LogP) is 1.90. The fraction of sp³-hybridized carbons (Fsp3) is 0.692. The van der Waals surface area contributed by atoms with E-state index in [1.54, 1.807) is 0 Å². The molecular weight excluding hydrogens is 484 g/mol. The number of piperidine rings is 4. The molecule has 36 heavy (non-hydrogen) atoms. The van der Waals surface area contributed by atoms with E-state index in [0.29, 0.717) is 48.2 Å². The Balaban J connectivity index is 0.988. The largest absolute Gasteiger partial charge is 0.496 e. The lowest BCUT2D eigenvalue weighted by Crippen LogP contribution is -2.54. The number of esters is 1. The number of nitrogens with one attached hydrogen (secondary N) is 1. The number of rotatable bonds is 10. The average molecular weight is 521 g/mol. The summed E-state index contributed by atoms with van der Waals surface area (Å²) in [6.07, 6.45) is 4.37. The van der Waals surface area contributed by atoms with E-state index < -0.39 is 6.10 Å². The van der Waals surface area contributed by atoms with E-state index in [9.17, 15) is 14.7 Å². The Morgan fingerprint density at radius 1 is 1.19 bits per heavy atom. The zero-order valence-electron chi connectivity index (χ0n) is 20.9. The zero-order chi connectivity index (χ0) is 25.4. The molecule has 1 amide bonds. The molecule has 1 saturated carbocycles. The highest BCUT2D eigenvalue weighted by Gasteiger charge is 2.73. The number of carbonyl (C=O) groups is 2. The molecule has 0 aromatic heterocycles. The molecule has 10 heteroatoms. The van der Waals surface area contributed by atoms with Gasteiger partial charge in [-0.1, -0.05) is 18.0 Å². The summed E-state index contributed by atoms with van der Waals surface area (Å²) in [6, 6.07) is 2.66. The van der Waals surface area contributed by atoms with Crippen LogP contribution in [0.3, 0.4) is 0 Å². The lowest BCUT2D eigenvalue weighted by atomic mass is 10.0. The molecule has 6 rings (SSSR count). The molecule has 1 aromatic carbocycles. The van der Waals surface area contributed by atoms with Crippen molar-refractivity contribution in [3.8, 4) is 5.75 Å². The highest BCUT2D eigenvalue weighted by molar-refractivity contribution is 6.33. The Kier molecular flexibility index (Phi) is 7.36. The van der Waals surface area contributed by atoms with Gasteiger partial charge < -0.3 is 30.5 Å². The van der Waals surface area contributed by atoms with Crippen molar-refractivity contribution < 1.29 is 24.2 Å². The van der Waals surface area contributed by atoms with Crippen molar-refractivity contribution in [2.75, 3.05) is 52.1 Å². The van der Waals surface area contributed by atoms with Crippen LogP contribution in [-0.2, 0) is 9.53 Å². The number of likely N-dealkylation sites (tertiary alicyclic amines) is 1. The molecule has 6 atom stereocenters. The summed E-state index contributed by atoms with van der Waals surface area (Å²) in [5, 5.41) is 13.8. The van der Waals surface area contributed by atoms with Gasteiger partial charge in [0.2, 0.25) is 0 Å². The van der Waals surface area contributed by atoms with Crippen molar-refractivity contribution in [3.05, 3.63) is 22.7 Å². The van der Waals surface area contributed by atoms with Crippen molar-refractivity contribution in [3.63, 3.8) is 0 Å². The summed E-state index contributed by atoms with van der Waals surface area (Å²) >= 11 is 6.08. The van der Waals surface area contributed by atoms with Crippen LogP contribution in [0.5, 0.6) is 5.75 Å². The number of β-amino-alcohol motifs (C(OH)–C–C–N with tert-alkyl or cyclic N) is 1. The van der Waals surface area contributed by atoms with Gasteiger partial charge in [-0.05, 0) is 44.8 Å². The van der Waals surface area contributed by atoms with Crippen LogP contribution in [0.15, 0.2) is 12.1 Å². The van der Waals surface area contributed by atoms with Gasteiger partial charge in [0.15, 0.2) is 0 Å². The molecule has 0 spiro atoms. The fourth-order valence-electron chi connectivity index (χ4n) is 6.48. The van der Waals surface area contributed by atoms with E-state index in [2.05, 4.69) is 15.1 Å². The minimum Gasteiger partial charge on any atom is -0.496 e. The summed E-state index contributed by atoms with van der Waals surface area (Å²) in [7, 11) is 1.47. The second-order valence-corrected chi connectivity index (χ2v) is 11.2. The number of fused-ring (bicyclic) bond motifs is 1. The summed E-state index contributed by atoms with van der Waals surface area (Å²) in [5.41, 5.74) is 6.29. The fourth-order valence-corrected chi connectivity index (χ4v) is 6.64. The first-order chi connectivity index (χ1) is 17.3. The van der Waals surface area contributed by atoms with Gasteiger partial charge in [0.05, 0.1) is 35.5 Å². The molecule has 4 aliphatic heterocycles. The summed E-state index contributed by atoms with van der Waals surface area (Å²) in [6.45, 7) is 5.34. The Morgan fingerprint density at radius 3 is 2.69 bits per heavy atom. The van der Waals surface area contributed by atoms with Gasteiger partial charge in [-0.2, -0.15) is 0 Å². The number of halogens is 1. The molecule has 4 bridgehead atoms. The standard InChI is InChI=1S/C26H37ClN4O5/c1-35-23-12-20(28)19(27)11-16(23)25(34)29-21-7-10-30(14-22(21)32)8-4-2-3-5-24(33)36-26-15-31-9-6-17(26)18(26)13-31/h11-12,17-18,21-22,32H,2-10,13-15,28H2,1H3,(H,29,34)/t17?,18?,21?,22-,26+/m0/s1. The SMILES string of the molecule is COc1cc(N)c(Cl)cc1C(=O)NC1CCN(CCCCCC(=O)O[C@]23CN4CCC2C3C4)C[C@@H]1O. The Hall–Kier alpha value is -2.07. The van der Waals surface area contributed by atoms with E-state index in [1.165, 1.54) is 25.7 Å². The van der Waals surface area contributed by atoms with E-state index in [4.69, 9.17) is 26.8 Å². The van der Waals surface area contributed by atoms with E-state index >= 15 is 0 Å². The van der Waals surface area contributed by atoms with Crippen LogP contribution in [0.4, 0.5) is 5.69 Å². The number of benzene rings is 1. The molecule has 4 N–H and O–H groups in total. The molecular formula is C26H37ClN4O5. The highest BCUT2D eigenvalue weighted by Crippen LogP contribution is 2.62. The van der Waals surface area contributed by atoms with Crippen molar-refractivity contribution in [2.24, 2.45) is 11.8 Å². The summed E-state index contributed by atoms with van der Waals surface area (Å²) in [4.78, 5) is 29.8. The van der Waals surface area contributed by atoms with Crippen LogP contribution in [0, 0.1) is 11.8 Å². The molecule has 198 valence electrons. The summed E-state index contributed by atoms with van der Waals surface area (Å²) < 4.78 is 11.2. The van der Waals surface area contributed by atoms with E-state index in [-0.39, 0.29) is 28.5 Å². The van der Waals surface area contributed by atoms with Gasteiger partial charge in [-0.3, -0.25) is 14.5 Å². The maximum atomic E-state index is 12.8. The summed E-state index contributed by atoms with van der Waals surface area (Å²) in [5.74, 6) is 1.14. The number of ether oxygens (including phenoxy) is 2. The Morgan fingerprint density at radius 2 is 2.03 bits per heavy atom. The number of anilines is 1. The molecule has 4 unspecified atom stereocenters. The number of nitrogens with two attached hydrogens (primary N) is 1. The van der Waals surface area contributed by atoms with Crippen molar-refractivity contribution >= 4 is 29.2 Å². The molecule has 9 nitrogen and oxygen atoms in total. The number of unbranched alkanes of at least 4 members (excludes halogenated alkanes) is 2.